The van der Waals surface area contributed by atoms with Crippen LogP contribution in [0.15, 0.2) is 59.6 Å². The standard InChI is InChI=1S/C21H17N3O4S2/c1-13-9-15-3-8-18(29-12-19-11-22-14(2)30-19)10-20(15)23(13)21(25)28-17-6-4-16(5-7-17)24(26)27/h3-11H,12H2,1-2H3. The Morgan fingerprint density at radius 2 is 1.97 bits per heavy atom. The van der Waals surface area contributed by atoms with Crippen molar-refractivity contribution in [2.75, 3.05) is 0 Å². The van der Waals surface area contributed by atoms with Crippen LogP contribution in [0, 0.1) is 24.0 Å². The van der Waals surface area contributed by atoms with E-state index in [1.54, 1.807) is 23.1 Å². The van der Waals surface area contributed by atoms with Crippen molar-refractivity contribution in [1.82, 2.24) is 9.55 Å². The SMILES string of the molecule is Cc1ncc(CSc2ccc3cc(C)n(C(=O)Oc4ccc([N+](=O)[O-])cc4)c3c2)s1. The molecule has 9 heteroatoms. The highest BCUT2D eigenvalue weighted by Gasteiger charge is 2.16. The summed E-state index contributed by atoms with van der Waals surface area (Å²) in [4.78, 5) is 29.6. The minimum atomic E-state index is -0.559. The summed E-state index contributed by atoms with van der Waals surface area (Å²) in [7, 11) is 0. The lowest BCUT2D eigenvalue weighted by Crippen LogP contribution is -2.17. The van der Waals surface area contributed by atoms with Crippen LogP contribution in [-0.2, 0) is 5.75 Å². The van der Waals surface area contributed by atoms with Gasteiger partial charge in [0, 0.05) is 44.9 Å². The van der Waals surface area contributed by atoms with E-state index in [1.807, 2.05) is 44.3 Å². The number of hydrogen-bond acceptors (Lipinski definition) is 7. The van der Waals surface area contributed by atoms with Crippen molar-refractivity contribution in [3.63, 3.8) is 0 Å². The quantitative estimate of drug-likeness (QED) is 0.216. The fourth-order valence-corrected chi connectivity index (χ4v) is 4.81. The molecule has 2 aromatic carbocycles. The van der Waals surface area contributed by atoms with Crippen LogP contribution in [-0.4, -0.2) is 20.6 Å². The van der Waals surface area contributed by atoms with Crippen molar-refractivity contribution >= 4 is 45.8 Å². The number of rotatable bonds is 5. The van der Waals surface area contributed by atoms with Crippen molar-refractivity contribution in [1.29, 1.82) is 0 Å². The Hall–Kier alpha value is -3.17. The molecular formula is C21H17N3O4S2. The Bertz CT molecular complexity index is 1250. The number of aryl methyl sites for hydroxylation is 2. The molecule has 7 nitrogen and oxygen atoms in total. The summed E-state index contributed by atoms with van der Waals surface area (Å²) >= 11 is 3.35. The summed E-state index contributed by atoms with van der Waals surface area (Å²) in [6.45, 7) is 3.82. The molecule has 0 aliphatic heterocycles. The van der Waals surface area contributed by atoms with Gasteiger partial charge in [0.15, 0.2) is 0 Å². The number of fused-ring (bicyclic) bond motifs is 1. The molecule has 0 aliphatic rings. The van der Waals surface area contributed by atoms with Gasteiger partial charge in [0.05, 0.1) is 15.4 Å². The molecule has 0 fully saturated rings. The average Bonchev–Trinajstić information content (AvgIpc) is 3.28. The number of thioether (sulfide) groups is 1. The van der Waals surface area contributed by atoms with Crippen LogP contribution in [0.2, 0.25) is 0 Å². The Balaban J connectivity index is 1.56. The van der Waals surface area contributed by atoms with Crippen molar-refractivity contribution in [3.8, 4) is 5.75 Å². The largest absolute Gasteiger partial charge is 0.424 e. The Kier molecular flexibility index (Phi) is 5.56. The monoisotopic (exact) mass is 439 g/mol. The molecule has 0 atom stereocenters. The molecule has 4 aromatic rings. The highest BCUT2D eigenvalue weighted by Crippen LogP contribution is 2.30. The molecule has 0 saturated carbocycles. The van der Waals surface area contributed by atoms with Gasteiger partial charge in [-0.2, -0.15) is 0 Å². The molecule has 30 heavy (non-hydrogen) atoms. The van der Waals surface area contributed by atoms with Crippen LogP contribution >= 0.6 is 23.1 Å². The summed E-state index contributed by atoms with van der Waals surface area (Å²) in [5, 5.41) is 12.8. The molecule has 0 N–H and O–H groups in total. The summed E-state index contributed by atoms with van der Waals surface area (Å²) in [6.07, 6.45) is 1.33. The van der Waals surface area contributed by atoms with Gasteiger partial charge in [-0.3, -0.25) is 10.1 Å². The smallest absolute Gasteiger partial charge is 0.410 e. The van der Waals surface area contributed by atoms with E-state index in [0.29, 0.717) is 0 Å². The minimum Gasteiger partial charge on any atom is -0.410 e. The van der Waals surface area contributed by atoms with E-state index in [9.17, 15) is 14.9 Å². The van der Waals surface area contributed by atoms with Crippen LogP contribution in [0.25, 0.3) is 10.9 Å². The number of benzene rings is 2. The second-order valence-corrected chi connectivity index (χ2v) is 8.96. The lowest BCUT2D eigenvalue weighted by molar-refractivity contribution is -0.384. The topological polar surface area (TPSA) is 87.3 Å². The third kappa shape index (κ3) is 4.22. The van der Waals surface area contributed by atoms with E-state index >= 15 is 0 Å². The second kappa shape index (κ2) is 8.29. The van der Waals surface area contributed by atoms with E-state index in [4.69, 9.17) is 4.74 Å². The zero-order valence-corrected chi connectivity index (χ0v) is 17.8. The van der Waals surface area contributed by atoms with E-state index in [2.05, 4.69) is 4.98 Å². The molecule has 0 unspecified atom stereocenters. The van der Waals surface area contributed by atoms with Gasteiger partial charge >= 0.3 is 6.09 Å². The number of non-ortho nitro benzene ring substituents is 1. The van der Waals surface area contributed by atoms with E-state index in [1.165, 1.54) is 33.7 Å². The lowest BCUT2D eigenvalue weighted by Gasteiger charge is -2.09. The molecule has 0 radical (unpaired) electrons. The summed E-state index contributed by atoms with van der Waals surface area (Å²) in [5.41, 5.74) is 1.44. The van der Waals surface area contributed by atoms with Gasteiger partial charge in [0.1, 0.15) is 5.75 Å². The molecule has 152 valence electrons. The first-order chi connectivity index (χ1) is 14.4. The second-order valence-electron chi connectivity index (χ2n) is 6.59. The molecular weight excluding hydrogens is 422 g/mol. The van der Waals surface area contributed by atoms with E-state index in [-0.39, 0.29) is 11.4 Å². The molecule has 0 aliphatic carbocycles. The Labute approximate surface area is 180 Å². The van der Waals surface area contributed by atoms with E-state index < -0.39 is 11.0 Å². The number of aromatic nitrogens is 2. The zero-order valence-electron chi connectivity index (χ0n) is 16.2. The molecule has 0 bridgehead atoms. The third-order valence-corrected chi connectivity index (χ3v) is 6.58. The van der Waals surface area contributed by atoms with Gasteiger partial charge in [0.2, 0.25) is 0 Å². The van der Waals surface area contributed by atoms with Crippen molar-refractivity contribution in [2.24, 2.45) is 0 Å². The Morgan fingerprint density at radius 3 is 2.63 bits per heavy atom. The molecule has 0 saturated heterocycles. The van der Waals surface area contributed by atoms with Gasteiger partial charge in [-0.1, -0.05) is 6.07 Å². The van der Waals surface area contributed by atoms with Crippen LogP contribution in [0.5, 0.6) is 5.75 Å². The zero-order chi connectivity index (χ0) is 21.3. The number of hydrogen-bond donors (Lipinski definition) is 0. The number of thiazole rings is 1. The number of carbonyl (C=O) groups is 1. The maximum Gasteiger partial charge on any atom is 0.424 e. The van der Waals surface area contributed by atoms with Crippen LogP contribution in [0.1, 0.15) is 15.6 Å². The van der Waals surface area contributed by atoms with Crippen molar-refractivity contribution < 1.29 is 14.5 Å². The van der Waals surface area contributed by atoms with Crippen LogP contribution in [0.3, 0.4) is 0 Å². The summed E-state index contributed by atoms with van der Waals surface area (Å²) < 4.78 is 6.95. The lowest BCUT2D eigenvalue weighted by atomic mass is 10.2. The first-order valence-electron chi connectivity index (χ1n) is 9.03. The van der Waals surface area contributed by atoms with Crippen molar-refractivity contribution in [3.05, 3.63) is 80.4 Å². The average molecular weight is 440 g/mol. The van der Waals surface area contributed by atoms with Crippen molar-refractivity contribution in [2.45, 2.75) is 24.5 Å². The first kappa shape index (κ1) is 20.1. The number of ether oxygens (including phenoxy) is 1. The van der Waals surface area contributed by atoms with E-state index in [0.717, 1.165) is 32.3 Å². The Morgan fingerprint density at radius 1 is 1.20 bits per heavy atom. The normalized spacial score (nSPS) is 11.0. The highest BCUT2D eigenvalue weighted by atomic mass is 32.2. The van der Waals surface area contributed by atoms with Crippen LogP contribution in [0.4, 0.5) is 10.5 Å². The number of nitro groups is 1. The first-order valence-corrected chi connectivity index (χ1v) is 10.8. The number of nitrogens with zero attached hydrogens (tertiary/aromatic N) is 3. The number of nitro benzene ring substituents is 1. The minimum absolute atomic E-state index is 0.0600. The molecule has 0 spiro atoms. The van der Waals surface area contributed by atoms with Crippen LogP contribution < -0.4 is 4.74 Å². The highest BCUT2D eigenvalue weighted by molar-refractivity contribution is 7.98. The van der Waals surface area contributed by atoms with Gasteiger partial charge < -0.3 is 4.74 Å². The maximum absolute atomic E-state index is 12.8. The fourth-order valence-electron chi connectivity index (χ4n) is 3.06. The molecule has 4 rings (SSSR count). The van der Waals surface area contributed by atoms with Gasteiger partial charge in [-0.05, 0) is 44.2 Å². The maximum atomic E-state index is 12.8. The fraction of sp³-hybridized carbons (Fsp3) is 0.143. The third-order valence-electron chi connectivity index (χ3n) is 4.45. The molecule has 2 aromatic heterocycles. The van der Waals surface area contributed by atoms with Gasteiger partial charge in [-0.15, -0.1) is 23.1 Å². The predicted octanol–water partition coefficient (Wildman–Crippen LogP) is 5.96. The summed E-state index contributed by atoms with van der Waals surface area (Å²) in [5.74, 6) is 1.06. The molecule has 2 heterocycles. The summed E-state index contributed by atoms with van der Waals surface area (Å²) in [6, 6.07) is 13.3. The molecule has 0 amide bonds. The van der Waals surface area contributed by atoms with Gasteiger partial charge in [0.25, 0.3) is 5.69 Å². The van der Waals surface area contributed by atoms with Gasteiger partial charge in [-0.25, -0.2) is 14.3 Å². The number of carbonyl (C=O) groups excluding carboxylic acids is 1. The predicted molar refractivity (Wildman–Crippen MR) is 118 cm³/mol.